The van der Waals surface area contributed by atoms with Gasteiger partial charge < -0.3 is 14.6 Å². The van der Waals surface area contributed by atoms with Crippen LogP contribution >= 0.6 is 0 Å². The summed E-state index contributed by atoms with van der Waals surface area (Å²) in [4.78, 5) is 4.53. The van der Waals surface area contributed by atoms with Crippen molar-refractivity contribution in [2.45, 2.75) is 52.2 Å². The highest BCUT2D eigenvalue weighted by molar-refractivity contribution is 5.29. The van der Waals surface area contributed by atoms with Crippen molar-refractivity contribution in [3.63, 3.8) is 0 Å². The van der Waals surface area contributed by atoms with E-state index in [-0.39, 0.29) is 5.60 Å². The van der Waals surface area contributed by atoms with Gasteiger partial charge in [0.05, 0.1) is 11.3 Å². The summed E-state index contributed by atoms with van der Waals surface area (Å²) in [5.41, 5.74) is 1.05. The summed E-state index contributed by atoms with van der Waals surface area (Å²) >= 11 is 0. The Hall–Kier alpha value is -1.03. The Morgan fingerprint density at radius 2 is 2.35 bits per heavy atom. The lowest BCUT2D eigenvalue weighted by atomic mass is 9.94. The van der Waals surface area contributed by atoms with Crippen molar-refractivity contribution < 1.29 is 4.74 Å². The van der Waals surface area contributed by atoms with Crippen LogP contribution in [0.3, 0.4) is 0 Å². The maximum atomic E-state index is 5.77. The van der Waals surface area contributed by atoms with Gasteiger partial charge in [0, 0.05) is 25.4 Å². The van der Waals surface area contributed by atoms with Gasteiger partial charge in [0.15, 0.2) is 0 Å². The second-order valence-electron chi connectivity index (χ2n) is 5.40. The first kappa shape index (κ1) is 12.4. The number of anilines is 1. The number of hydrogen-bond donors (Lipinski definition) is 1. The van der Waals surface area contributed by atoms with Gasteiger partial charge in [-0.2, -0.15) is 0 Å². The van der Waals surface area contributed by atoms with Crippen LogP contribution in [0.4, 0.5) is 5.95 Å². The van der Waals surface area contributed by atoms with Gasteiger partial charge in [-0.15, -0.1) is 0 Å². The van der Waals surface area contributed by atoms with E-state index >= 15 is 0 Å². The van der Waals surface area contributed by atoms with E-state index < -0.39 is 0 Å². The number of imidazole rings is 1. The maximum Gasteiger partial charge on any atom is 0.203 e. The van der Waals surface area contributed by atoms with Gasteiger partial charge in [0.1, 0.15) is 0 Å². The molecule has 1 atom stereocenters. The highest BCUT2D eigenvalue weighted by Gasteiger charge is 2.30. The fraction of sp³-hybridized carbons (Fsp3) is 0.769. The molecule has 0 aromatic carbocycles. The third kappa shape index (κ3) is 2.80. The predicted molar refractivity (Wildman–Crippen MR) is 69.4 cm³/mol. The average Bonchev–Trinajstić information content (AvgIpc) is 2.59. The van der Waals surface area contributed by atoms with Crippen molar-refractivity contribution in [1.82, 2.24) is 9.55 Å². The smallest absolute Gasteiger partial charge is 0.203 e. The van der Waals surface area contributed by atoms with Gasteiger partial charge in [-0.3, -0.25) is 0 Å². The molecule has 4 nitrogen and oxygen atoms in total. The molecule has 0 spiro atoms. The fourth-order valence-electron chi connectivity index (χ4n) is 2.52. The number of ether oxygens (including phenoxy) is 1. The predicted octanol–water partition coefficient (Wildman–Crippen LogP) is 2.75. The molecule has 1 fully saturated rings. The van der Waals surface area contributed by atoms with Crippen molar-refractivity contribution in [3.8, 4) is 0 Å². The minimum absolute atomic E-state index is 0.0232. The van der Waals surface area contributed by atoms with E-state index in [0.29, 0.717) is 6.04 Å². The van der Waals surface area contributed by atoms with E-state index in [1.54, 1.807) is 0 Å². The molecule has 1 unspecified atom stereocenters. The monoisotopic (exact) mass is 237 g/mol. The molecule has 1 aliphatic rings. The number of rotatable bonds is 3. The van der Waals surface area contributed by atoms with Gasteiger partial charge in [-0.1, -0.05) is 0 Å². The van der Waals surface area contributed by atoms with Crippen molar-refractivity contribution in [2.75, 3.05) is 18.5 Å². The van der Waals surface area contributed by atoms with E-state index in [2.05, 4.69) is 41.8 Å². The second kappa shape index (κ2) is 4.69. The van der Waals surface area contributed by atoms with Crippen LogP contribution < -0.4 is 5.32 Å². The summed E-state index contributed by atoms with van der Waals surface area (Å²) in [6.45, 7) is 10.2. The maximum absolute atomic E-state index is 5.77. The zero-order chi connectivity index (χ0) is 12.5. The zero-order valence-electron chi connectivity index (χ0n) is 11.3. The average molecular weight is 237 g/mol. The molecule has 2 heterocycles. The van der Waals surface area contributed by atoms with E-state index in [4.69, 9.17) is 4.74 Å². The Balaban J connectivity index is 2.20. The molecule has 0 bridgehead atoms. The normalized spacial score (nSPS) is 23.6. The molecule has 0 saturated carbocycles. The SMILES string of the molecule is CCNc1nc(C)cn1C1CCOC(C)(C)C1. The van der Waals surface area contributed by atoms with Crippen LogP contribution in [0.2, 0.25) is 0 Å². The molecule has 1 aromatic heterocycles. The van der Waals surface area contributed by atoms with Crippen molar-refractivity contribution in [3.05, 3.63) is 11.9 Å². The summed E-state index contributed by atoms with van der Waals surface area (Å²) in [6.07, 6.45) is 4.25. The third-order valence-corrected chi connectivity index (χ3v) is 3.25. The van der Waals surface area contributed by atoms with Crippen LogP contribution in [0.5, 0.6) is 0 Å². The summed E-state index contributed by atoms with van der Waals surface area (Å²) in [5.74, 6) is 0.993. The van der Waals surface area contributed by atoms with Crippen LogP contribution in [0.25, 0.3) is 0 Å². The molecule has 0 aliphatic carbocycles. The van der Waals surface area contributed by atoms with Gasteiger partial charge in [-0.05, 0) is 40.5 Å². The molecule has 17 heavy (non-hydrogen) atoms. The lowest BCUT2D eigenvalue weighted by Crippen LogP contribution is -2.35. The van der Waals surface area contributed by atoms with Crippen LogP contribution in [0.15, 0.2) is 6.20 Å². The van der Waals surface area contributed by atoms with E-state index in [0.717, 1.165) is 37.6 Å². The Kier molecular flexibility index (Phi) is 3.43. The third-order valence-electron chi connectivity index (χ3n) is 3.25. The number of aryl methyl sites for hydroxylation is 1. The Labute approximate surface area is 103 Å². The van der Waals surface area contributed by atoms with Crippen molar-refractivity contribution in [2.24, 2.45) is 0 Å². The summed E-state index contributed by atoms with van der Waals surface area (Å²) in [7, 11) is 0. The van der Waals surface area contributed by atoms with Gasteiger partial charge in [-0.25, -0.2) is 4.98 Å². The zero-order valence-corrected chi connectivity index (χ0v) is 11.3. The molecule has 0 amide bonds. The highest BCUT2D eigenvalue weighted by atomic mass is 16.5. The first-order chi connectivity index (χ1) is 8.02. The second-order valence-corrected chi connectivity index (χ2v) is 5.40. The van der Waals surface area contributed by atoms with Crippen LogP contribution in [-0.4, -0.2) is 28.3 Å². The standard InChI is InChI=1S/C13H23N3O/c1-5-14-12-15-10(2)9-16(12)11-6-7-17-13(3,4)8-11/h9,11H,5-8H2,1-4H3,(H,14,15). The Morgan fingerprint density at radius 3 is 3.00 bits per heavy atom. The van der Waals surface area contributed by atoms with E-state index in [9.17, 15) is 0 Å². The highest BCUT2D eigenvalue weighted by Crippen LogP contribution is 2.33. The summed E-state index contributed by atoms with van der Waals surface area (Å²) < 4.78 is 8.05. The fourth-order valence-corrected chi connectivity index (χ4v) is 2.52. The molecular formula is C13H23N3O. The minimum Gasteiger partial charge on any atom is -0.375 e. The minimum atomic E-state index is -0.0232. The molecule has 96 valence electrons. The Bertz CT molecular complexity index is 384. The first-order valence-corrected chi connectivity index (χ1v) is 6.45. The topological polar surface area (TPSA) is 39.1 Å². The van der Waals surface area contributed by atoms with E-state index in [1.807, 2.05) is 6.92 Å². The molecule has 0 radical (unpaired) electrons. The number of nitrogens with one attached hydrogen (secondary N) is 1. The number of nitrogens with zero attached hydrogens (tertiary/aromatic N) is 2. The first-order valence-electron chi connectivity index (χ1n) is 6.45. The van der Waals surface area contributed by atoms with E-state index in [1.165, 1.54) is 0 Å². The Morgan fingerprint density at radius 1 is 1.59 bits per heavy atom. The van der Waals surface area contributed by atoms with Gasteiger partial charge in [0.25, 0.3) is 0 Å². The molecular weight excluding hydrogens is 214 g/mol. The van der Waals surface area contributed by atoms with Gasteiger partial charge >= 0.3 is 0 Å². The number of hydrogen-bond acceptors (Lipinski definition) is 3. The molecule has 2 rings (SSSR count). The van der Waals surface area contributed by atoms with Crippen molar-refractivity contribution in [1.29, 1.82) is 0 Å². The number of aromatic nitrogens is 2. The summed E-state index contributed by atoms with van der Waals surface area (Å²) in [5, 5.41) is 3.33. The lowest BCUT2D eigenvalue weighted by Gasteiger charge is -2.36. The van der Waals surface area contributed by atoms with Crippen LogP contribution in [0, 0.1) is 6.92 Å². The molecule has 1 saturated heterocycles. The molecule has 1 aromatic rings. The molecule has 1 N–H and O–H groups in total. The summed E-state index contributed by atoms with van der Waals surface area (Å²) in [6, 6.07) is 0.494. The quantitative estimate of drug-likeness (QED) is 0.878. The lowest BCUT2D eigenvalue weighted by molar-refractivity contribution is -0.0688. The van der Waals surface area contributed by atoms with Crippen molar-refractivity contribution >= 4 is 5.95 Å². The molecule has 1 aliphatic heterocycles. The van der Waals surface area contributed by atoms with Gasteiger partial charge in [0.2, 0.25) is 5.95 Å². The van der Waals surface area contributed by atoms with Crippen LogP contribution in [0.1, 0.15) is 45.3 Å². The van der Waals surface area contributed by atoms with Crippen LogP contribution in [-0.2, 0) is 4.74 Å². The molecule has 4 heteroatoms. The largest absolute Gasteiger partial charge is 0.375 e.